The van der Waals surface area contributed by atoms with Gasteiger partial charge in [-0.15, -0.1) is 5.06 Å². The number of amides is 3. The normalized spacial score (nSPS) is 17.6. The lowest BCUT2D eigenvalue weighted by atomic mass is 10.0. The lowest BCUT2D eigenvalue weighted by Gasteiger charge is -2.25. The highest BCUT2D eigenvalue weighted by Gasteiger charge is 2.35. The molecule has 0 aromatic rings. The van der Waals surface area contributed by atoms with Gasteiger partial charge in [0, 0.05) is 12.8 Å². The molecule has 0 aromatic heterocycles. The van der Waals surface area contributed by atoms with Crippen LogP contribution in [0.15, 0.2) is 0 Å². The van der Waals surface area contributed by atoms with Gasteiger partial charge in [0.15, 0.2) is 0 Å². The molecule has 1 fully saturated rings. The van der Waals surface area contributed by atoms with E-state index >= 15 is 0 Å². The zero-order valence-corrected chi connectivity index (χ0v) is 14.3. The zero-order chi connectivity index (χ0) is 17.7. The summed E-state index contributed by atoms with van der Waals surface area (Å²) in [6.45, 7) is 5.50. The van der Waals surface area contributed by atoms with Crippen LogP contribution in [0.1, 0.15) is 40.0 Å². The van der Waals surface area contributed by atoms with Crippen molar-refractivity contribution >= 4 is 23.7 Å². The van der Waals surface area contributed by atoms with E-state index in [1.807, 2.05) is 13.8 Å². The number of rotatable bonds is 7. The number of imide groups is 1. The fraction of sp³-hybridized carbons (Fsp3) is 0.733. The summed E-state index contributed by atoms with van der Waals surface area (Å²) in [4.78, 5) is 54.0. The lowest BCUT2D eigenvalue weighted by Crippen LogP contribution is -2.50. The summed E-state index contributed by atoms with van der Waals surface area (Å²) >= 11 is 0. The van der Waals surface area contributed by atoms with Gasteiger partial charge in [0.1, 0.15) is 6.04 Å². The molecule has 3 amide bonds. The molecule has 2 unspecified atom stereocenters. The fourth-order valence-corrected chi connectivity index (χ4v) is 2.02. The first kappa shape index (κ1) is 19.1. The van der Waals surface area contributed by atoms with Crippen molar-refractivity contribution in [3.63, 3.8) is 0 Å². The molecule has 1 heterocycles. The molecule has 23 heavy (non-hydrogen) atoms. The first-order valence-electron chi connectivity index (χ1n) is 7.67. The molecule has 0 bridgehead atoms. The molecule has 2 atom stereocenters. The van der Waals surface area contributed by atoms with Crippen molar-refractivity contribution in [1.82, 2.24) is 15.3 Å². The number of carbonyl (C=O) groups is 4. The molecule has 0 radical (unpaired) electrons. The van der Waals surface area contributed by atoms with Crippen LogP contribution in [0.2, 0.25) is 0 Å². The number of carbonyl (C=O) groups excluding carboxylic acids is 4. The molecule has 8 heteroatoms. The minimum absolute atomic E-state index is 0.0327. The summed E-state index contributed by atoms with van der Waals surface area (Å²) in [5.41, 5.74) is 0. The highest BCUT2D eigenvalue weighted by atomic mass is 16.7. The minimum atomic E-state index is -0.911. The molecule has 0 saturated carbocycles. The Bertz CT molecular complexity index is 474. The first-order valence-corrected chi connectivity index (χ1v) is 7.67. The van der Waals surface area contributed by atoms with Gasteiger partial charge in [-0.2, -0.15) is 0 Å². The summed E-state index contributed by atoms with van der Waals surface area (Å²) in [5.74, 6) is -2.09. The highest BCUT2D eigenvalue weighted by molar-refractivity contribution is 6.02. The Hall–Kier alpha value is -1.96. The van der Waals surface area contributed by atoms with Crippen LogP contribution in [0.25, 0.3) is 0 Å². The van der Waals surface area contributed by atoms with Gasteiger partial charge in [-0.3, -0.25) is 19.3 Å². The van der Waals surface area contributed by atoms with Crippen LogP contribution < -0.4 is 5.32 Å². The van der Waals surface area contributed by atoms with Crippen molar-refractivity contribution in [2.24, 2.45) is 5.92 Å². The number of nitrogens with one attached hydrogen (secondary N) is 1. The van der Waals surface area contributed by atoms with E-state index in [1.54, 1.807) is 25.9 Å². The molecule has 0 spiro atoms. The van der Waals surface area contributed by atoms with Crippen LogP contribution in [0.5, 0.6) is 0 Å². The van der Waals surface area contributed by atoms with Crippen LogP contribution in [0, 0.1) is 5.92 Å². The van der Waals surface area contributed by atoms with Crippen molar-refractivity contribution in [1.29, 1.82) is 0 Å². The Labute approximate surface area is 136 Å². The van der Waals surface area contributed by atoms with Crippen LogP contribution in [-0.4, -0.2) is 59.8 Å². The van der Waals surface area contributed by atoms with Gasteiger partial charge in [0.2, 0.25) is 5.91 Å². The third-order valence-corrected chi connectivity index (χ3v) is 3.65. The maximum absolute atomic E-state index is 12.3. The van der Waals surface area contributed by atoms with Gasteiger partial charge in [0.05, 0.1) is 6.04 Å². The molecule has 1 aliphatic heterocycles. The highest BCUT2D eigenvalue weighted by Crippen LogP contribution is 2.14. The Morgan fingerprint density at radius 3 is 2.13 bits per heavy atom. The van der Waals surface area contributed by atoms with Crippen molar-refractivity contribution in [3.05, 3.63) is 0 Å². The molecular formula is C15H25N3O5. The van der Waals surface area contributed by atoms with Crippen molar-refractivity contribution < 1.29 is 24.0 Å². The molecule has 130 valence electrons. The summed E-state index contributed by atoms with van der Waals surface area (Å²) in [6, 6.07) is -1.33. The second-order valence-corrected chi connectivity index (χ2v) is 6.32. The second kappa shape index (κ2) is 8.05. The van der Waals surface area contributed by atoms with Gasteiger partial charge >= 0.3 is 5.97 Å². The standard InChI is InChI=1S/C15H25N3O5/c1-9(2)8-11(16-14(21)10(3)17(4)5)15(22)23-18-12(19)6-7-13(18)20/h9-11H,6-8H2,1-5H3,(H,16,21). The molecular weight excluding hydrogens is 302 g/mol. The predicted molar refractivity (Wildman–Crippen MR) is 81.7 cm³/mol. The van der Waals surface area contributed by atoms with Gasteiger partial charge in [0.25, 0.3) is 11.8 Å². The number of nitrogens with zero attached hydrogens (tertiary/aromatic N) is 2. The maximum Gasteiger partial charge on any atom is 0.355 e. The lowest BCUT2D eigenvalue weighted by molar-refractivity contribution is -0.199. The smallest absolute Gasteiger partial charge is 0.341 e. The first-order chi connectivity index (χ1) is 10.6. The van der Waals surface area contributed by atoms with Crippen molar-refractivity contribution in [2.75, 3.05) is 14.1 Å². The van der Waals surface area contributed by atoms with E-state index in [4.69, 9.17) is 4.84 Å². The second-order valence-electron chi connectivity index (χ2n) is 6.32. The van der Waals surface area contributed by atoms with E-state index in [0.717, 1.165) is 0 Å². The summed E-state index contributed by atoms with van der Waals surface area (Å²) in [6.07, 6.45) is 0.414. The van der Waals surface area contributed by atoms with E-state index in [0.29, 0.717) is 11.5 Å². The summed E-state index contributed by atoms with van der Waals surface area (Å²) in [5, 5.41) is 3.13. The number of likely N-dealkylation sites (N-methyl/N-ethyl adjacent to an activating group) is 1. The van der Waals surface area contributed by atoms with Crippen molar-refractivity contribution in [3.8, 4) is 0 Å². The predicted octanol–water partition coefficient (Wildman–Crippen LogP) is 0.0746. The van der Waals surface area contributed by atoms with Crippen LogP contribution >= 0.6 is 0 Å². The van der Waals surface area contributed by atoms with Gasteiger partial charge in [-0.1, -0.05) is 13.8 Å². The molecule has 0 aromatic carbocycles. The SMILES string of the molecule is CC(C)CC(NC(=O)C(C)N(C)C)C(=O)ON1C(=O)CCC1=O. The quantitative estimate of drug-likeness (QED) is 0.665. The summed E-state index contributed by atoms with van der Waals surface area (Å²) in [7, 11) is 3.50. The minimum Gasteiger partial charge on any atom is -0.341 e. The molecule has 0 aliphatic carbocycles. The third kappa shape index (κ3) is 5.31. The average molecular weight is 327 g/mol. The van der Waals surface area contributed by atoms with Gasteiger partial charge < -0.3 is 10.2 Å². The van der Waals surface area contributed by atoms with Gasteiger partial charge in [-0.05, 0) is 33.4 Å². The molecule has 1 saturated heterocycles. The zero-order valence-electron chi connectivity index (χ0n) is 14.3. The maximum atomic E-state index is 12.3. The van der Waals surface area contributed by atoms with Gasteiger partial charge in [-0.25, -0.2) is 4.79 Å². The molecule has 1 N–H and O–H groups in total. The van der Waals surface area contributed by atoms with Crippen LogP contribution in [0.4, 0.5) is 0 Å². The Morgan fingerprint density at radius 2 is 1.70 bits per heavy atom. The van der Waals surface area contributed by atoms with E-state index in [-0.39, 0.29) is 24.7 Å². The summed E-state index contributed by atoms with van der Waals surface area (Å²) < 4.78 is 0. The third-order valence-electron chi connectivity index (χ3n) is 3.65. The molecule has 8 nitrogen and oxygen atoms in total. The van der Waals surface area contributed by atoms with E-state index in [2.05, 4.69) is 5.32 Å². The van der Waals surface area contributed by atoms with E-state index < -0.39 is 29.9 Å². The monoisotopic (exact) mass is 327 g/mol. The average Bonchev–Trinajstić information content (AvgIpc) is 2.76. The molecule has 1 rings (SSSR count). The topological polar surface area (TPSA) is 96.0 Å². The Kier molecular flexibility index (Phi) is 6.68. The number of hydrogen-bond donors (Lipinski definition) is 1. The molecule has 1 aliphatic rings. The van der Waals surface area contributed by atoms with Crippen LogP contribution in [0.3, 0.4) is 0 Å². The Balaban J connectivity index is 2.76. The largest absolute Gasteiger partial charge is 0.355 e. The van der Waals surface area contributed by atoms with E-state index in [9.17, 15) is 19.2 Å². The fourth-order valence-electron chi connectivity index (χ4n) is 2.02. The number of hydroxylamine groups is 2. The van der Waals surface area contributed by atoms with Crippen LogP contribution in [-0.2, 0) is 24.0 Å². The number of hydrogen-bond acceptors (Lipinski definition) is 6. The van der Waals surface area contributed by atoms with Crippen molar-refractivity contribution in [2.45, 2.75) is 52.1 Å². The Morgan fingerprint density at radius 1 is 1.17 bits per heavy atom. The van der Waals surface area contributed by atoms with E-state index in [1.165, 1.54) is 0 Å².